The maximum absolute atomic E-state index is 12.2. The minimum absolute atomic E-state index is 0.102. The Morgan fingerprint density at radius 1 is 1.00 bits per heavy atom. The minimum atomic E-state index is -0.102. The summed E-state index contributed by atoms with van der Waals surface area (Å²) >= 11 is 6.84. The molecule has 0 unspecified atom stereocenters. The molecule has 0 bridgehead atoms. The fraction of sp³-hybridized carbons (Fsp3) is 0.133. The average molecular weight is 383 g/mol. The van der Waals surface area contributed by atoms with Gasteiger partial charge in [-0.05, 0) is 49.2 Å². The van der Waals surface area contributed by atoms with Crippen LogP contribution in [0.25, 0.3) is 0 Å². The van der Waals surface area contributed by atoms with Crippen LogP contribution in [0.15, 0.2) is 45.3 Å². The lowest BCUT2D eigenvalue weighted by Gasteiger charge is -2.09. The van der Waals surface area contributed by atoms with Crippen molar-refractivity contribution in [2.24, 2.45) is 0 Å². The van der Waals surface area contributed by atoms with E-state index in [-0.39, 0.29) is 5.91 Å². The van der Waals surface area contributed by atoms with Gasteiger partial charge in [-0.25, -0.2) is 0 Å². The first-order chi connectivity index (χ1) is 8.97. The van der Waals surface area contributed by atoms with Crippen molar-refractivity contribution in [1.82, 2.24) is 0 Å². The van der Waals surface area contributed by atoms with E-state index >= 15 is 0 Å². The molecule has 0 saturated carbocycles. The summed E-state index contributed by atoms with van der Waals surface area (Å²) in [6.07, 6.45) is 0. The quantitative estimate of drug-likeness (QED) is 0.770. The van der Waals surface area contributed by atoms with Gasteiger partial charge in [-0.1, -0.05) is 44.0 Å². The molecule has 2 aromatic carbocycles. The molecule has 0 spiro atoms. The average Bonchev–Trinajstić information content (AvgIpc) is 2.36. The van der Waals surface area contributed by atoms with E-state index in [2.05, 4.69) is 37.2 Å². The lowest BCUT2D eigenvalue weighted by Crippen LogP contribution is -2.13. The van der Waals surface area contributed by atoms with Crippen molar-refractivity contribution in [3.8, 4) is 0 Å². The molecular formula is C15H13Br2NO. The highest BCUT2D eigenvalue weighted by Crippen LogP contribution is 2.22. The fourth-order valence-corrected chi connectivity index (χ4v) is 2.45. The number of rotatable bonds is 2. The van der Waals surface area contributed by atoms with Gasteiger partial charge >= 0.3 is 0 Å². The van der Waals surface area contributed by atoms with E-state index < -0.39 is 0 Å². The molecule has 2 aromatic rings. The van der Waals surface area contributed by atoms with Gasteiger partial charge in [0.1, 0.15) is 0 Å². The minimum Gasteiger partial charge on any atom is -0.322 e. The third kappa shape index (κ3) is 3.45. The Hall–Kier alpha value is -1.13. The first kappa shape index (κ1) is 14.3. The largest absolute Gasteiger partial charge is 0.322 e. The van der Waals surface area contributed by atoms with Crippen LogP contribution in [0.5, 0.6) is 0 Å². The summed E-state index contributed by atoms with van der Waals surface area (Å²) in [5, 5.41) is 2.90. The molecule has 98 valence electrons. The van der Waals surface area contributed by atoms with Gasteiger partial charge < -0.3 is 5.32 Å². The van der Waals surface area contributed by atoms with E-state index in [9.17, 15) is 4.79 Å². The van der Waals surface area contributed by atoms with Crippen LogP contribution in [0, 0.1) is 13.8 Å². The van der Waals surface area contributed by atoms with Gasteiger partial charge in [0.15, 0.2) is 0 Å². The van der Waals surface area contributed by atoms with E-state index in [1.165, 1.54) is 0 Å². The van der Waals surface area contributed by atoms with Crippen LogP contribution in [0.1, 0.15) is 21.5 Å². The molecule has 0 aromatic heterocycles. The van der Waals surface area contributed by atoms with Crippen LogP contribution < -0.4 is 5.32 Å². The summed E-state index contributed by atoms with van der Waals surface area (Å²) in [5.41, 5.74) is 3.54. The van der Waals surface area contributed by atoms with E-state index in [1.807, 2.05) is 50.2 Å². The number of carbonyl (C=O) groups is 1. The summed E-state index contributed by atoms with van der Waals surface area (Å²) in [6, 6.07) is 11.4. The Balaban J connectivity index is 2.25. The zero-order valence-electron chi connectivity index (χ0n) is 10.6. The summed E-state index contributed by atoms with van der Waals surface area (Å²) in [6.45, 7) is 3.93. The van der Waals surface area contributed by atoms with Gasteiger partial charge in [0, 0.05) is 20.2 Å². The van der Waals surface area contributed by atoms with Crippen molar-refractivity contribution in [1.29, 1.82) is 0 Å². The molecule has 2 nitrogen and oxygen atoms in total. The molecule has 0 aliphatic carbocycles. The topological polar surface area (TPSA) is 29.1 Å². The fourth-order valence-electron chi connectivity index (χ4n) is 1.71. The number of benzene rings is 2. The Kier molecular flexibility index (Phi) is 4.42. The Labute approximate surface area is 129 Å². The van der Waals surface area contributed by atoms with Crippen LogP contribution in [0.4, 0.5) is 5.69 Å². The van der Waals surface area contributed by atoms with Gasteiger partial charge in [-0.2, -0.15) is 0 Å². The molecule has 0 heterocycles. The Morgan fingerprint density at radius 2 is 1.68 bits per heavy atom. The molecule has 1 amide bonds. The molecule has 0 saturated heterocycles. The van der Waals surface area contributed by atoms with Crippen molar-refractivity contribution in [3.63, 3.8) is 0 Å². The predicted octanol–water partition coefficient (Wildman–Crippen LogP) is 5.08. The molecule has 0 aliphatic heterocycles. The molecule has 2 rings (SSSR count). The normalized spacial score (nSPS) is 10.3. The molecule has 0 fully saturated rings. The van der Waals surface area contributed by atoms with Crippen LogP contribution in [-0.4, -0.2) is 5.91 Å². The number of carbonyl (C=O) groups excluding carboxylic acids is 1. The van der Waals surface area contributed by atoms with Crippen molar-refractivity contribution in [2.75, 3.05) is 5.32 Å². The molecule has 1 N–H and O–H groups in total. The standard InChI is InChI=1S/C15H13Br2NO/c1-9-3-5-11(16)7-13(9)15(19)18-12-6-4-10(2)14(17)8-12/h3-8H,1-2H3,(H,18,19). The highest BCUT2D eigenvalue weighted by Gasteiger charge is 2.10. The number of hydrogen-bond donors (Lipinski definition) is 1. The highest BCUT2D eigenvalue weighted by atomic mass is 79.9. The maximum atomic E-state index is 12.2. The van der Waals surface area contributed by atoms with Crippen LogP contribution in [-0.2, 0) is 0 Å². The summed E-state index contributed by atoms with van der Waals surface area (Å²) < 4.78 is 1.88. The van der Waals surface area contributed by atoms with Crippen molar-refractivity contribution >= 4 is 43.5 Å². The van der Waals surface area contributed by atoms with Gasteiger partial charge in [-0.3, -0.25) is 4.79 Å². The van der Waals surface area contributed by atoms with Crippen molar-refractivity contribution < 1.29 is 4.79 Å². The van der Waals surface area contributed by atoms with Gasteiger partial charge in [0.2, 0.25) is 0 Å². The smallest absolute Gasteiger partial charge is 0.255 e. The lowest BCUT2D eigenvalue weighted by atomic mass is 10.1. The zero-order valence-corrected chi connectivity index (χ0v) is 13.8. The molecule has 0 aliphatic rings. The van der Waals surface area contributed by atoms with E-state index in [1.54, 1.807) is 0 Å². The number of halogens is 2. The lowest BCUT2D eigenvalue weighted by molar-refractivity contribution is 0.102. The van der Waals surface area contributed by atoms with Gasteiger partial charge in [0.25, 0.3) is 5.91 Å². The first-order valence-corrected chi connectivity index (χ1v) is 7.39. The first-order valence-electron chi connectivity index (χ1n) is 5.81. The number of anilines is 1. The summed E-state index contributed by atoms with van der Waals surface area (Å²) in [5.74, 6) is -0.102. The summed E-state index contributed by atoms with van der Waals surface area (Å²) in [4.78, 5) is 12.2. The second kappa shape index (κ2) is 5.88. The Bertz CT molecular complexity index is 638. The molecule has 19 heavy (non-hydrogen) atoms. The molecule has 0 atom stereocenters. The SMILES string of the molecule is Cc1ccc(NC(=O)c2cc(Br)ccc2C)cc1Br. The number of aryl methyl sites for hydroxylation is 2. The van der Waals surface area contributed by atoms with Crippen molar-refractivity contribution in [2.45, 2.75) is 13.8 Å². The second-order valence-corrected chi connectivity index (χ2v) is 6.15. The number of hydrogen-bond acceptors (Lipinski definition) is 1. The third-order valence-corrected chi connectivity index (χ3v) is 4.22. The number of amides is 1. The molecular weight excluding hydrogens is 370 g/mol. The maximum Gasteiger partial charge on any atom is 0.255 e. The van der Waals surface area contributed by atoms with E-state index in [0.717, 1.165) is 25.8 Å². The second-order valence-electron chi connectivity index (χ2n) is 4.38. The summed E-state index contributed by atoms with van der Waals surface area (Å²) in [7, 11) is 0. The molecule has 0 radical (unpaired) electrons. The van der Waals surface area contributed by atoms with Crippen LogP contribution in [0.2, 0.25) is 0 Å². The zero-order chi connectivity index (χ0) is 14.0. The molecule has 4 heteroatoms. The highest BCUT2D eigenvalue weighted by molar-refractivity contribution is 9.10. The van der Waals surface area contributed by atoms with E-state index in [0.29, 0.717) is 5.56 Å². The predicted molar refractivity (Wildman–Crippen MR) is 85.7 cm³/mol. The van der Waals surface area contributed by atoms with Crippen LogP contribution >= 0.6 is 31.9 Å². The monoisotopic (exact) mass is 381 g/mol. The van der Waals surface area contributed by atoms with Gasteiger partial charge in [0.05, 0.1) is 0 Å². The Morgan fingerprint density at radius 3 is 2.37 bits per heavy atom. The third-order valence-electron chi connectivity index (χ3n) is 2.87. The van der Waals surface area contributed by atoms with E-state index in [4.69, 9.17) is 0 Å². The van der Waals surface area contributed by atoms with Crippen molar-refractivity contribution in [3.05, 3.63) is 62.0 Å². The van der Waals surface area contributed by atoms with Crippen LogP contribution in [0.3, 0.4) is 0 Å². The van der Waals surface area contributed by atoms with Gasteiger partial charge in [-0.15, -0.1) is 0 Å². The number of nitrogens with one attached hydrogen (secondary N) is 1.